The number of nitrogens with two attached hydrogens (primary N) is 1. The molecule has 2 aromatic carbocycles. The molecule has 0 spiro atoms. The largest absolute Gasteiger partial charge is 0.496 e. The molecule has 0 radical (unpaired) electrons. The number of hydrogen-bond donors (Lipinski definition) is 1. The summed E-state index contributed by atoms with van der Waals surface area (Å²) in [5.41, 5.74) is 8.21. The normalized spacial score (nSPS) is 12.2. The van der Waals surface area contributed by atoms with Crippen molar-refractivity contribution in [1.29, 1.82) is 0 Å². The lowest BCUT2D eigenvalue weighted by Crippen LogP contribution is -2.19. The summed E-state index contributed by atoms with van der Waals surface area (Å²) in [4.78, 5) is 0. The lowest BCUT2D eigenvalue weighted by Gasteiger charge is -2.17. The molecule has 0 aliphatic heterocycles. The first-order valence-corrected chi connectivity index (χ1v) is 7.65. The van der Waals surface area contributed by atoms with Crippen molar-refractivity contribution in [3.8, 4) is 5.75 Å². The zero-order chi connectivity index (χ0) is 15.2. The van der Waals surface area contributed by atoms with Gasteiger partial charge in [-0.1, -0.05) is 35.3 Å². The standard InChI is InChI=1S/C17H19Cl2NO/c1-21-17-6-5-16(19)10-14(17)8-13(11-20)7-12-3-2-4-15(18)9-12/h2-6,9-10,13H,7-8,11,20H2,1H3. The average Bonchev–Trinajstić information content (AvgIpc) is 2.47. The van der Waals surface area contributed by atoms with Crippen LogP contribution in [0.25, 0.3) is 0 Å². The van der Waals surface area contributed by atoms with E-state index in [0.29, 0.717) is 17.5 Å². The van der Waals surface area contributed by atoms with Crippen LogP contribution in [0.2, 0.25) is 10.0 Å². The molecule has 0 saturated carbocycles. The van der Waals surface area contributed by atoms with Crippen LogP contribution in [0.15, 0.2) is 42.5 Å². The lowest BCUT2D eigenvalue weighted by molar-refractivity contribution is 0.404. The summed E-state index contributed by atoms with van der Waals surface area (Å²) in [7, 11) is 1.67. The molecule has 1 atom stereocenters. The van der Waals surface area contributed by atoms with E-state index in [0.717, 1.165) is 29.2 Å². The maximum atomic E-state index is 6.08. The van der Waals surface area contributed by atoms with Crippen molar-refractivity contribution < 1.29 is 4.74 Å². The summed E-state index contributed by atoms with van der Waals surface area (Å²) < 4.78 is 5.39. The zero-order valence-electron chi connectivity index (χ0n) is 12.0. The first-order valence-electron chi connectivity index (χ1n) is 6.89. The van der Waals surface area contributed by atoms with Gasteiger partial charge in [-0.05, 0) is 66.8 Å². The van der Waals surface area contributed by atoms with E-state index in [1.54, 1.807) is 7.11 Å². The molecule has 0 amide bonds. The maximum absolute atomic E-state index is 6.08. The van der Waals surface area contributed by atoms with Gasteiger partial charge in [0.05, 0.1) is 7.11 Å². The van der Waals surface area contributed by atoms with Crippen LogP contribution in [0.4, 0.5) is 0 Å². The molecule has 21 heavy (non-hydrogen) atoms. The Balaban J connectivity index is 2.14. The Labute approximate surface area is 135 Å². The van der Waals surface area contributed by atoms with E-state index in [9.17, 15) is 0 Å². The second kappa shape index (κ2) is 7.69. The first kappa shape index (κ1) is 16.2. The van der Waals surface area contributed by atoms with Crippen molar-refractivity contribution in [2.24, 2.45) is 11.7 Å². The molecule has 1 unspecified atom stereocenters. The molecule has 2 aromatic rings. The fraction of sp³-hybridized carbons (Fsp3) is 0.294. The van der Waals surface area contributed by atoms with Crippen LogP contribution < -0.4 is 10.5 Å². The topological polar surface area (TPSA) is 35.2 Å². The number of hydrogen-bond acceptors (Lipinski definition) is 2. The highest BCUT2D eigenvalue weighted by Crippen LogP contribution is 2.26. The van der Waals surface area contributed by atoms with Crippen LogP contribution in [0, 0.1) is 5.92 Å². The molecule has 2 nitrogen and oxygen atoms in total. The van der Waals surface area contributed by atoms with Crippen molar-refractivity contribution in [3.63, 3.8) is 0 Å². The molecule has 4 heteroatoms. The molecule has 0 aliphatic rings. The quantitative estimate of drug-likeness (QED) is 0.857. The van der Waals surface area contributed by atoms with Gasteiger partial charge in [0.2, 0.25) is 0 Å². The van der Waals surface area contributed by atoms with Crippen LogP contribution in [0.1, 0.15) is 11.1 Å². The Hall–Kier alpha value is -1.22. The van der Waals surface area contributed by atoms with Gasteiger partial charge < -0.3 is 10.5 Å². The summed E-state index contributed by atoms with van der Waals surface area (Å²) in [6, 6.07) is 13.6. The van der Waals surface area contributed by atoms with Crippen LogP contribution in [0.5, 0.6) is 5.75 Å². The van der Waals surface area contributed by atoms with Gasteiger partial charge in [-0.3, -0.25) is 0 Å². The highest BCUT2D eigenvalue weighted by molar-refractivity contribution is 6.30. The molecule has 0 aromatic heterocycles. The molecule has 2 rings (SSSR count). The molecule has 0 heterocycles. The van der Waals surface area contributed by atoms with E-state index >= 15 is 0 Å². The van der Waals surface area contributed by atoms with Gasteiger partial charge in [0.1, 0.15) is 5.75 Å². The summed E-state index contributed by atoms with van der Waals surface area (Å²) in [6.07, 6.45) is 1.71. The van der Waals surface area contributed by atoms with Crippen molar-refractivity contribution in [1.82, 2.24) is 0 Å². The summed E-state index contributed by atoms with van der Waals surface area (Å²) in [5.74, 6) is 1.17. The minimum atomic E-state index is 0.316. The molecule has 0 fully saturated rings. The Morgan fingerprint density at radius 2 is 1.81 bits per heavy atom. The van der Waals surface area contributed by atoms with Gasteiger partial charge in [0.15, 0.2) is 0 Å². The molecule has 0 bridgehead atoms. The third-order valence-electron chi connectivity index (χ3n) is 3.50. The van der Waals surface area contributed by atoms with Gasteiger partial charge in [0.25, 0.3) is 0 Å². The Morgan fingerprint density at radius 3 is 2.48 bits per heavy atom. The van der Waals surface area contributed by atoms with Crippen LogP contribution in [-0.4, -0.2) is 13.7 Å². The van der Waals surface area contributed by atoms with Crippen LogP contribution in [-0.2, 0) is 12.8 Å². The number of methoxy groups -OCH3 is 1. The second-order valence-corrected chi connectivity index (χ2v) is 5.97. The lowest BCUT2D eigenvalue weighted by atomic mass is 9.92. The summed E-state index contributed by atoms with van der Waals surface area (Å²) in [5, 5.41) is 1.47. The fourth-order valence-corrected chi connectivity index (χ4v) is 2.86. The fourth-order valence-electron chi connectivity index (χ4n) is 2.45. The van der Waals surface area contributed by atoms with Gasteiger partial charge in [-0.2, -0.15) is 0 Å². The van der Waals surface area contributed by atoms with Crippen molar-refractivity contribution in [2.45, 2.75) is 12.8 Å². The minimum absolute atomic E-state index is 0.316. The predicted octanol–water partition coefficient (Wildman–Crippen LogP) is 4.36. The molecule has 0 saturated heterocycles. The number of ether oxygens (including phenoxy) is 1. The van der Waals surface area contributed by atoms with Gasteiger partial charge >= 0.3 is 0 Å². The van der Waals surface area contributed by atoms with Gasteiger partial charge in [0, 0.05) is 10.0 Å². The van der Waals surface area contributed by atoms with E-state index in [1.807, 2.05) is 36.4 Å². The molecule has 0 aliphatic carbocycles. The Kier molecular flexibility index (Phi) is 5.92. The van der Waals surface area contributed by atoms with Crippen molar-refractivity contribution in [3.05, 3.63) is 63.6 Å². The van der Waals surface area contributed by atoms with Crippen LogP contribution >= 0.6 is 23.2 Å². The second-order valence-electron chi connectivity index (χ2n) is 5.10. The highest BCUT2D eigenvalue weighted by atomic mass is 35.5. The zero-order valence-corrected chi connectivity index (χ0v) is 13.5. The number of rotatable bonds is 6. The summed E-state index contributed by atoms with van der Waals surface area (Å²) >= 11 is 12.1. The molecule has 2 N–H and O–H groups in total. The van der Waals surface area contributed by atoms with Crippen LogP contribution in [0.3, 0.4) is 0 Å². The predicted molar refractivity (Wildman–Crippen MR) is 89.4 cm³/mol. The first-order chi connectivity index (χ1) is 10.1. The van der Waals surface area contributed by atoms with Gasteiger partial charge in [-0.25, -0.2) is 0 Å². The Morgan fingerprint density at radius 1 is 1.05 bits per heavy atom. The monoisotopic (exact) mass is 323 g/mol. The smallest absolute Gasteiger partial charge is 0.122 e. The van der Waals surface area contributed by atoms with Crippen molar-refractivity contribution >= 4 is 23.2 Å². The summed E-state index contributed by atoms with van der Waals surface area (Å²) in [6.45, 7) is 0.599. The molecular weight excluding hydrogens is 305 g/mol. The van der Waals surface area contributed by atoms with Gasteiger partial charge in [-0.15, -0.1) is 0 Å². The van der Waals surface area contributed by atoms with E-state index in [-0.39, 0.29) is 0 Å². The number of benzene rings is 2. The van der Waals surface area contributed by atoms with E-state index < -0.39 is 0 Å². The molecule has 112 valence electrons. The SMILES string of the molecule is COc1ccc(Cl)cc1CC(CN)Cc1cccc(Cl)c1. The van der Waals surface area contributed by atoms with E-state index in [1.165, 1.54) is 5.56 Å². The highest BCUT2D eigenvalue weighted by Gasteiger charge is 2.13. The third kappa shape index (κ3) is 4.63. The molecular formula is C17H19Cl2NO. The average molecular weight is 324 g/mol. The van der Waals surface area contributed by atoms with Crippen molar-refractivity contribution in [2.75, 3.05) is 13.7 Å². The third-order valence-corrected chi connectivity index (χ3v) is 3.97. The maximum Gasteiger partial charge on any atom is 0.122 e. The Bertz CT molecular complexity index is 601. The van der Waals surface area contributed by atoms with E-state index in [2.05, 4.69) is 6.07 Å². The number of halogens is 2. The van der Waals surface area contributed by atoms with E-state index in [4.69, 9.17) is 33.7 Å². The minimum Gasteiger partial charge on any atom is -0.496 e.